The lowest BCUT2D eigenvalue weighted by Crippen LogP contribution is -2.20. The van der Waals surface area contributed by atoms with Crippen LogP contribution in [-0.2, 0) is 0 Å². The summed E-state index contributed by atoms with van der Waals surface area (Å²) in [6.45, 7) is -1.49. The zero-order chi connectivity index (χ0) is 11.5. The Morgan fingerprint density at radius 1 is 1.53 bits per heavy atom. The second kappa shape index (κ2) is 4.36. The zero-order valence-electron chi connectivity index (χ0n) is 7.18. The standard InChI is InChI=1S/C8H4ClF3N2O/c9-6-1-5(2-13)7(14-3-6)15-4-8(10,11)12/h1,3H,4H2. The number of alkyl halides is 3. The third-order valence-electron chi connectivity index (χ3n) is 1.31. The monoisotopic (exact) mass is 236 g/mol. The number of nitrogens with zero attached hydrogens (tertiary/aromatic N) is 2. The van der Waals surface area contributed by atoms with Gasteiger partial charge in [-0.1, -0.05) is 11.6 Å². The first-order valence-electron chi connectivity index (χ1n) is 3.67. The van der Waals surface area contributed by atoms with Gasteiger partial charge in [0.15, 0.2) is 6.61 Å². The number of pyridine rings is 1. The summed E-state index contributed by atoms with van der Waals surface area (Å²) in [6.07, 6.45) is -3.36. The molecule has 15 heavy (non-hydrogen) atoms. The van der Waals surface area contributed by atoms with Crippen molar-refractivity contribution in [3.63, 3.8) is 0 Å². The summed E-state index contributed by atoms with van der Waals surface area (Å²) in [4.78, 5) is 3.48. The first-order valence-corrected chi connectivity index (χ1v) is 4.05. The van der Waals surface area contributed by atoms with Crippen LogP contribution in [0.4, 0.5) is 13.2 Å². The van der Waals surface area contributed by atoms with Gasteiger partial charge in [-0.15, -0.1) is 0 Å². The molecule has 0 spiro atoms. The maximum Gasteiger partial charge on any atom is 0.422 e. The fraction of sp³-hybridized carbons (Fsp3) is 0.250. The van der Waals surface area contributed by atoms with Crippen LogP contribution >= 0.6 is 11.6 Å². The van der Waals surface area contributed by atoms with Crippen molar-refractivity contribution in [3.05, 3.63) is 22.8 Å². The quantitative estimate of drug-likeness (QED) is 0.793. The number of rotatable bonds is 2. The van der Waals surface area contributed by atoms with Gasteiger partial charge < -0.3 is 4.74 Å². The highest BCUT2D eigenvalue weighted by atomic mass is 35.5. The normalized spacial score (nSPS) is 10.9. The van der Waals surface area contributed by atoms with E-state index in [9.17, 15) is 13.2 Å². The Hall–Kier alpha value is -1.48. The summed E-state index contributed by atoms with van der Waals surface area (Å²) in [5.74, 6) is -0.376. The summed E-state index contributed by atoms with van der Waals surface area (Å²) in [7, 11) is 0. The molecule has 0 aliphatic rings. The van der Waals surface area contributed by atoms with Crippen molar-refractivity contribution in [2.75, 3.05) is 6.61 Å². The lowest BCUT2D eigenvalue weighted by atomic mass is 10.3. The van der Waals surface area contributed by atoms with Gasteiger partial charge >= 0.3 is 6.18 Å². The average Bonchev–Trinajstić information content (AvgIpc) is 2.14. The lowest BCUT2D eigenvalue weighted by Gasteiger charge is -2.08. The highest BCUT2D eigenvalue weighted by Gasteiger charge is 2.29. The molecule has 1 aromatic rings. The minimum Gasteiger partial charge on any atom is -0.467 e. The van der Waals surface area contributed by atoms with Crippen LogP contribution < -0.4 is 4.74 Å². The molecule has 0 fully saturated rings. The van der Waals surface area contributed by atoms with Crippen molar-refractivity contribution in [1.82, 2.24) is 4.98 Å². The first kappa shape index (κ1) is 11.6. The SMILES string of the molecule is N#Cc1cc(Cl)cnc1OCC(F)(F)F. The van der Waals surface area contributed by atoms with Crippen molar-refractivity contribution in [2.45, 2.75) is 6.18 Å². The minimum atomic E-state index is -4.46. The number of hydrogen-bond donors (Lipinski definition) is 0. The molecule has 1 rings (SSSR count). The Kier molecular flexibility index (Phi) is 3.37. The summed E-state index contributed by atoms with van der Waals surface area (Å²) < 4.78 is 39.7. The van der Waals surface area contributed by atoms with E-state index in [4.69, 9.17) is 16.9 Å². The Balaban J connectivity index is 2.82. The molecule has 0 N–H and O–H groups in total. The maximum atomic E-state index is 11.8. The fourth-order valence-electron chi connectivity index (χ4n) is 0.772. The average molecular weight is 237 g/mol. The molecule has 3 nitrogen and oxygen atoms in total. The van der Waals surface area contributed by atoms with Crippen molar-refractivity contribution in [3.8, 4) is 11.9 Å². The Bertz CT molecular complexity index is 400. The van der Waals surface area contributed by atoms with Crippen LogP contribution in [0.15, 0.2) is 12.3 Å². The molecule has 0 bridgehead atoms. The summed E-state index contributed by atoms with van der Waals surface area (Å²) in [5, 5.41) is 8.72. The molecule has 0 saturated heterocycles. The van der Waals surface area contributed by atoms with Crippen molar-refractivity contribution >= 4 is 11.6 Å². The molecule has 0 aromatic carbocycles. The van der Waals surface area contributed by atoms with Crippen LogP contribution in [0.2, 0.25) is 5.02 Å². The highest BCUT2D eigenvalue weighted by molar-refractivity contribution is 6.30. The summed E-state index contributed by atoms with van der Waals surface area (Å²) in [5.41, 5.74) is -0.133. The molecule has 80 valence electrons. The Morgan fingerprint density at radius 2 is 2.20 bits per heavy atom. The van der Waals surface area contributed by atoms with Crippen LogP contribution in [0, 0.1) is 11.3 Å². The van der Waals surface area contributed by atoms with Gasteiger partial charge in [0, 0.05) is 6.20 Å². The molecule has 0 saturated carbocycles. The van der Waals surface area contributed by atoms with E-state index < -0.39 is 12.8 Å². The minimum absolute atomic E-state index is 0.133. The highest BCUT2D eigenvalue weighted by Crippen LogP contribution is 2.21. The Morgan fingerprint density at radius 3 is 2.73 bits per heavy atom. The molecule has 0 amide bonds. The molecule has 1 aromatic heterocycles. The lowest BCUT2D eigenvalue weighted by molar-refractivity contribution is -0.154. The van der Waals surface area contributed by atoms with E-state index in [0.29, 0.717) is 0 Å². The van der Waals surface area contributed by atoms with Crippen molar-refractivity contribution in [2.24, 2.45) is 0 Å². The van der Waals surface area contributed by atoms with Crippen molar-refractivity contribution in [1.29, 1.82) is 5.26 Å². The third-order valence-corrected chi connectivity index (χ3v) is 1.52. The summed E-state index contributed by atoms with van der Waals surface area (Å²) in [6, 6.07) is 2.81. The number of ether oxygens (including phenoxy) is 1. The third kappa shape index (κ3) is 3.64. The predicted molar refractivity (Wildman–Crippen MR) is 45.5 cm³/mol. The van der Waals surface area contributed by atoms with Gasteiger partial charge in [0.1, 0.15) is 11.6 Å². The molecule has 0 unspecified atom stereocenters. The van der Waals surface area contributed by atoms with E-state index in [2.05, 4.69) is 9.72 Å². The van der Waals surface area contributed by atoms with Crippen LogP contribution in [-0.4, -0.2) is 17.8 Å². The second-order valence-corrected chi connectivity index (χ2v) is 2.96. The van der Waals surface area contributed by atoms with E-state index in [1.54, 1.807) is 6.07 Å². The molecule has 0 atom stereocenters. The topological polar surface area (TPSA) is 45.9 Å². The number of aromatic nitrogens is 1. The molecule has 7 heteroatoms. The fourth-order valence-corrected chi connectivity index (χ4v) is 0.930. The van der Waals surface area contributed by atoms with E-state index in [1.807, 2.05) is 0 Å². The van der Waals surface area contributed by atoms with Gasteiger partial charge in [-0.2, -0.15) is 18.4 Å². The van der Waals surface area contributed by atoms with Gasteiger partial charge in [0.05, 0.1) is 5.02 Å². The van der Waals surface area contributed by atoms with Crippen molar-refractivity contribution < 1.29 is 17.9 Å². The first-order chi connectivity index (χ1) is 6.92. The molecule has 0 aliphatic carbocycles. The van der Waals surface area contributed by atoms with E-state index in [-0.39, 0.29) is 16.5 Å². The number of halogens is 4. The van der Waals surface area contributed by atoms with Gasteiger partial charge in [0.2, 0.25) is 5.88 Å². The molecule has 0 radical (unpaired) electrons. The smallest absolute Gasteiger partial charge is 0.422 e. The van der Waals surface area contributed by atoms with E-state index in [0.717, 1.165) is 6.20 Å². The number of hydrogen-bond acceptors (Lipinski definition) is 3. The number of nitriles is 1. The Labute approximate surface area is 88.1 Å². The van der Waals surface area contributed by atoms with Gasteiger partial charge in [-0.25, -0.2) is 4.98 Å². The predicted octanol–water partition coefficient (Wildman–Crippen LogP) is 2.55. The molecule has 0 aliphatic heterocycles. The van der Waals surface area contributed by atoms with Gasteiger partial charge in [0.25, 0.3) is 0 Å². The zero-order valence-corrected chi connectivity index (χ0v) is 7.93. The maximum absolute atomic E-state index is 11.8. The molecular formula is C8H4ClF3N2O. The molecular weight excluding hydrogens is 233 g/mol. The molecule has 1 heterocycles. The van der Waals surface area contributed by atoms with Gasteiger partial charge in [-0.3, -0.25) is 0 Å². The van der Waals surface area contributed by atoms with Crippen LogP contribution in [0.25, 0.3) is 0 Å². The second-order valence-electron chi connectivity index (χ2n) is 2.52. The largest absolute Gasteiger partial charge is 0.467 e. The van der Waals surface area contributed by atoms with E-state index in [1.165, 1.54) is 6.07 Å². The van der Waals surface area contributed by atoms with E-state index >= 15 is 0 Å². The van der Waals surface area contributed by atoms with Gasteiger partial charge in [-0.05, 0) is 6.07 Å². The summed E-state index contributed by atoms with van der Waals surface area (Å²) >= 11 is 5.49. The van der Waals surface area contributed by atoms with Crippen LogP contribution in [0.1, 0.15) is 5.56 Å². The van der Waals surface area contributed by atoms with Crippen LogP contribution in [0.5, 0.6) is 5.88 Å². The van der Waals surface area contributed by atoms with Crippen LogP contribution in [0.3, 0.4) is 0 Å².